The molecular formula is C20H24N2O4. The van der Waals surface area contributed by atoms with Gasteiger partial charge in [-0.3, -0.25) is 9.59 Å². The maximum absolute atomic E-state index is 12.6. The quantitative estimate of drug-likeness (QED) is 0.774. The number of hydrogen-bond donors (Lipinski definition) is 2. The lowest BCUT2D eigenvalue weighted by Crippen LogP contribution is -2.16. The summed E-state index contributed by atoms with van der Waals surface area (Å²) in [4.78, 5) is 27.2. The van der Waals surface area contributed by atoms with E-state index in [0.717, 1.165) is 25.2 Å². The number of hydrogen-bond acceptors (Lipinski definition) is 4. The summed E-state index contributed by atoms with van der Waals surface area (Å²) in [5.74, 6) is 0.417. The number of H-pyrrole nitrogens is 1. The Hall–Kier alpha value is -2.60. The standard InChI is InChI=1S/C20H24N2O4/c1-12-18(13(2)21-19(12)14(3)23)20(24)22-15-6-8-16(9-7-15)26-11-17-5-4-10-25-17/h6-9,17,21H,4-5,10-11H2,1-3H3,(H,22,24). The van der Waals surface area contributed by atoms with Crippen molar-refractivity contribution in [1.29, 1.82) is 0 Å². The highest BCUT2D eigenvalue weighted by atomic mass is 16.5. The van der Waals surface area contributed by atoms with Gasteiger partial charge in [0.15, 0.2) is 5.78 Å². The van der Waals surface area contributed by atoms with Crippen LogP contribution in [-0.4, -0.2) is 36.0 Å². The minimum absolute atomic E-state index is 0.0857. The van der Waals surface area contributed by atoms with Crippen molar-refractivity contribution in [3.8, 4) is 5.75 Å². The molecule has 6 nitrogen and oxygen atoms in total. The Labute approximate surface area is 152 Å². The Kier molecular flexibility index (Phi) is 5.42. The molecule has 26 heavy (non-hydrogen) atoms. The number of aromatic nitrogens is 1. The summed E-state index contributed by atoms with van der Waals surface area (Å²) in [5.41, 5.74) is 3.01. The number of anilines is 1. The van der Waals surface area contributed by atoms with E-state index in [2.05, 4.69) is 10.3 Å². The molecule has 0 bridgehead atoms. The van der Waals surface area contributed by atoms with Gasteiger partial charge in [0.05, 0.1) is 17.4 Å². The molecule has 1 unspecified atom stereocenters. The maximum atomic E-state index is 12.6. The molecule has 2 heterocycles. The molecule has 2 N–H and O–H groups in total. The predicted molar refractivity (Wildman–Crippen MR) is 99.1 cm³/mol. The lowest BCUT2D eigenvalue weighted by Gasteiger charge is -2.12. The molecule has 1 amide bonds. The molecule has 1 aliphatic heterocycles. The number of aryl methyl sites for hydroxylation is 1. The second-order valence-corrected chi connectivity index (χ2v) is 6.61. The molecule has 0 radical (unpaired) electrons. The van der Waals surface area contributed by atoms with E-state index in [1.165, 1.54) is 6.92 Å². The summed E-state index contributed by atoms with van der Waals surface area (Å²) >= 11 is 0. The second-order valence-electron chi connectivity index (χ2n) is 6.61. The Morgan fingerprint density at radius 2 is 2.00 bits per heavy atom. The van der Waals surface area contributed by atoms with E-state index >= 15 is 0 Å². The predicted octanol–water partition coefficient (Wildman–Crippen LogP) is 3.64. The Balaban J connectivity index is 1.63. The van der Waals surface area contributed by atoms with Crippen LogP contribution in [0.25, 0.3) is 0 Å². The lowest BCUT2D eigenvalue weighted by atomic mass is 10.1. The average Bonchev–Trinajstić information content (AvgIpc) is 3.22. The Bertz CT molecular complexity index is 802. The van der Waals surface area contributed by atoms with Crippen molar-refractivity contribution in [2.24, 2.45) is 0 Å². The molecule has 1 saturated heterocycles. The lowest BCUT2D eigenvalue weighted by molar-refractivity contribution is 0.0679. The average molecular weight is 356 g/mol. The van der Waals surface area contributed by atoms with Crippen LogP contribution in [0.3, 0.4) is 0 Å². The van der Waals surface area contributed by atoms with Crippen LogP contribution < -0.4 is 10.1 Å². The highest BCUT2D eigenvalue weighted by Gasteiger charge is 2.20. The number of amides is 1. The second kappa shape index (κ2) is 7.74. The van der Waals surface area contributed by atoms with E-state index < -0.39 is 0 Å². The van der Waals surface area contributed by atoms with Crippen LogP contribution >= 0.6 is 0 Å². The van der Waals surface area contributed by atoms with Gasteiger partial charge >= 0.3 is 0 Å². The van der Waals surface area contributed by atoms with Gasteiger partial charge in [-0.1, -0.05) is 0 Å². The summed E-state index contributed by atoms with van der Waals surface area (Å²) in [6, 6.07) is 7.24. The van der Waals surface area contributed by atoms with E-state index in [1.54, 1.807) is 26.0 Å². The molecule has 1 aromatic heterocycles. The fourth-order valence-corrected chi connectivity index (χ4v) is 3.24. The SMILES string of the molecule is CC(=O)c1[nH]c(C)c(C(=O)Nc2ccc(OCC3CCCO3)cc2)c1C. The molecule has 0 saturated carbocycles. The van der Waals surface area contributed by atoms with Crippen LogP contribution in [0.5, 0.6) is 5.75 Å². The maximum Gasteiger partial charge on any atom is 0.257 e. The molecule has 1 atom stereocenters. The van der Waals surface area contributed by atoms with Crippen LogP contribution in [-0.2, 0) is 4.74 Å². The number of Topliss-reactive ketones (excluding diaryl/α,β-unsaturated/α-hetero) is 1. The highest BCUT2D eigenvalue weighted by molar-refractivity contribution is 6.08. The zero-order chi connectivity index (χ0) is 18.7. The monoisotopic (exact) mass is 356 g/mol. The first-order chi connectivity index (χ1) is 12.5. The van der Waals surface area contributed by atoms with Gasteiger partial charge in [-0.15, -0.1) is 0 Å². The summed E-state index contributed by atoms with van der Waals surface area (Å²) < 4.78 is 11.3. The van der Waals surface area contributed by atoms with Gasteiger partial charge in [0.25, 0.3) is 5.91 Å². The van der Waals surface area contributed by atoms with Crippen LogP contribution in [0.1, 0.15) is 51.9 Å². The van der Waals surface area contributed by atoms with E-state index in [0.29, 0.717) is 34.8 Å². The van der Waals surface area contributed by atoms with Crippen LogP contribution in [0.15, 0.2) is 24.3 Å². The Morgan fingerprint density at radius 3 is 2.58 bits per heavy atom. The number of aromatic amines is 1. The number of ether oxygens (including phenoxy) is 2. The topological polar surface area (TPSA) is 80.4 Å². The zero-order valence-corrected chi connectivity index (χ0v) is 15.3. The normalized spacial score (nSPS) is 16.5. The number of carbonyl (C=O) groups is 2. The van der Waals surface area contributed by atoms with Crippen molar-refractivity contribution < 1.29 is 19.1 Å². The molecule has 1 fully saturated rings. The van der Waals surface area contributed by atoms with Gasteiger partial charge in [0, 0.05) is 24.9 Å². The van der Waals surface area contributed by atoms with Gasteiger partial charge in [0.1, 0.15) is 12.4 Å². The molecule has 0 aliphatic carbocycles. The fourth-order valence-electron chi connectivity index (χ4n) is 3.24. The van der Waals surface area contributed by atoms with Crippen molar-refractivity contribution in [3.05, 3.63) is 46.8 Å². The first kappa shape index (κ1) is 18.2. The summed E-state index contributed by atoms with van der Waals surface area (Å²) in [6.45, 7) is 6.40. The van der Waals surface area contributed by atoms with E-state index in [9.17, 15) is 9.59 Å². The first-order valence-electron chi connectivity index (χ1n) is 8.81. The molecule has 3 rings (SSSR count). The van der Waals surface area contributed by atoms with Gasteiger partial charge in [-0.05, 0) is 56.5 Å². The zero-order valence-electron chi connectivity index (χ0n) is 15.3. The highest BCUT2D eigenvalue weighted by Crippen LogP contribution is 2.22. The van der Waals surface area contributed by atoms with Crippen molar-refractivity contribution >= 4 is 17.4 Å². The van der Waals surface area contributed by atoms with E-state index in [4.69, 9.17) is 9.47 Å². The number of carbonyl (C=O) groups excluding carboxylic acids is 2. The summed E-state index contributed by atoms with van der Waals surface area (Å²) in [6.07, 6.45) is 2.29. The van der Waals surface area contributed by atoms with Gasteiger partial charge < -0.3 is 19.8 Å². The Morgan fingerprint density at radius 1 is 1.27 bits per heavy atom. The van der Waals surface area contributed by atoms with Gasteiger partial charge in [-0.25, -0.2) is 0 Å². The van der Waals surface area contributed by atoms with E-state index in [1.807, 2.05) is 12.1 Å². The molecular weight excluding hydrogens is 332 g/mol. The molecule has 138 valence electrons. The van der Waals surface area contributed by atoms with E-state index in [-0.39, 0.29) is 17.8 Å². The molecule has 0 spiro atoms. The molecule has 6 heteroatoms. The first-order valence-corrected chi connectivity index (χ1v) is 8.81. The number of nitrogens with one attached hydrogen (secondary N) is 2. The minimum atomic E-state index is -0.239. The van der Waals surface area contributed by atoms with Crippen molar-refractivity contribution in [3.63, 3.8) is 0 Å². The molecule has 2 aromatic rings. The van der Waals surface area contributed by atoms with Crippen LogP contribution in [0.4, 0.5) is 5.69 Å². The fraction of sp³-hybridized carbons (Fsp3) is 0.400. The van der Waals surface area contributed by atoms with Crippen LogP contribution in [0, 0.1) is 13.8 Å². The summed E-state index contributed by atoms with van der Waals surface area (Å²) in [7, 11) is 0. The number of ketones is 1. The van der Waals surface area contributed by atoms with Gasteiger partial charge in [-0.2, -0.15) is 0 Å². The third-order valence-electron chi connectivity index (χ3n) is 4.59. The van der Waals surface area contributed by atoms with Crippen molar-refractivity contribution in [2.75, 3.05) is 18.5 Å². The number of rotatable bonds is 6. The molecule has 1 aromatic carbocycles. The van der Waals surface area contributed by atoms with Gasteiger partial charge in [0.2, 0.25) is 0 Å². The van der Waals surface area contributed by atoms with Crippen molar-refractivity contribution in [2.45, 2.75) is 39.7 Å². The minimum Gasteiger partial charge on any atom is -0.491 e. The summed E-state index contributed by atoms with van der Waals surface area (Å²) in [5, 5.41) is 2.87. The smallest absolute Gasteiger partial charge is 0.257 e. The third-order valence-corrected chi connectivity index (χ3v) is 4.59. The largest absolute Gasteiger partial charge is 0.491 e. The number of benzene rings is 1. The third kappa shape index (κ3) is 3.96. The molecule has 1 aliphatic rings. The van der Waals surface area contributed by atoms with Crippen molar-refractivity contribution in [1.82, 2.24) is 4.98 Å². The van der Waals surface area contributed by atoms with Crippen LogP contribution in [0.2, 0.25) is 0 Å².